The number of hydrogen-bond donors (Lipinski definition) is 0. The summed E-state index contributed by atoms with van der Waals surface area (Å²) in [4.78, 5) is 7.87. The molecule has 0 saturated carbocycles. The summed E-state index contributed by atoms with van der Waals surface area (Å²) in [5.41, 5.74) is 10.1. The third kappa shape index (κ3) is 2.68. The average molecular weight is 232 g/mol. The maximum absolute atomic E-state index is 8.22. The number of azide groups is 1. The van der Waals surface area contributed by atoms with Gasteiger partial charge < -0.3 is 9.57 Å². The van der Waals surface area contributed by atoms with Gasteiger partial charge in [0.1, 0.15) is 11.9 Å². The van der Waals surface area contributed by atoms with Gasteiger partial charge in [-0.05, 0) is 35.4 Å². The van der Waals surface area contributed by atoms with Crippen molar-refractivity contribution in [2.24, 2.45) is 10.3 Å². The second-order valence-corrected chi connectivity index (χ2v) is 3.61. The van der Waals surface area contributed by atoms with Crippen molar-refractivity contribution < 1.29 is 9.57 Å². The van der Waals surface area contributed by atoms with E-state index in [9.17, 15) is 0 Å². The van der Waals surface area contributed by atoms with Gasteiger partial charge in [0.2, 0.25) is 0 Å². The minimum atomic E-state index is -0.150. The average Bonchev–Trinajstić information content (AvgIpc) is 2.85. The number of ether oxygens (including phenoxy) is 1. The van der Waals surface area contributed by atoms with E-state index in [1.54, 1.807) is 7.11 Å². The fourth-order valence-electron chi connectivity index (χ4n) is 1.61. The molecule has 1 atom stereocenters. The van der Waals surface area contributed by atoms with Gasteiger partial charge in [-0.15, -0.1) is 0 Å². The minimum Gasteiger partial charge on any atom is -0.497 e. The van der Waals surface area contributed by atoms with Gasteiger partial charge >= 0.3 is 0 Å². The predicted molar refractivity (Wildman–Crippen MR) is 63.0 cm³/mol. The summed E-state index contributed by atoms with van der Waals surface area (Å²) >= 11 is 0. The van der Waals surface area contributed by atoms with Crippen molar-refractivity contribution in [2.75, 3.05) is 13.7 Å². The maximum atomic E-state index is 8.22. The van der Waals surface area contributed by atoms with E-state index in [2.05, 4.69) is 15.2 Å². The van der Waals surface area contributed by atoms with Crippen LogP contribution in [-0.2, 0) is 4.84 Å². The van der Waals surface area contributed by atoms with Gasteiger partial charge in [0.25, 0.3) is 0 Å². The fraction of sp³-hybridized carbons (Fsp3) is 0.364. The molecule has 1 aliphatic rings. The van der Waals surface area contributed by atoms with Crippen molar-refractivity contribution >= 4 is 5.71 Å². The van der Waals surface area contributed by atoms with Crippen LogP contribution in [0.15, 0.2) is 34.5 Å². The molecule has 17 heavy (non-hydrogen) atoms. The molecular weight excluding hydrogens is 220 g/mol. The Kier molecular flexibility index (Phi) is 3.47. The van der Waals surface area contributed by atoms with E-state index < -0.39 is 0 Å². The summed E-state index contributed by atoms with van der Waals surface area (Å²) in [5, 5.41) is 7.46. The molecule has 0 aliphatic carbocycles. The molecule has 0 radical (unpaired) electrons. The van der Waals surface area contributed by atoms with Crippen LogP contribution in [0.3, 0.4) is 0 Å². The van der Waals surface area contributed by atoms with Crippen molar-refractivity contribution in [2.45, 2.75) is 12.5 Å². The molecule has 2 rings (SSSR count). The van der Waals surface area contributed by atoms with Crippen LogP contribution in [0, 0.1) is 0 Å². The molecule has 6 heteroatoms. The molecule has 0 fully saturated rings. The number of hydrogen-bond acceptors (Lipinski definition) is 4. The lowest BCUT2D eigenvalue weighted by Crippen LogP contribution is -2.11. The summed E-state index contributed by atoms with van der Waals surface area (Å²) < 4.78 is 5.08. The van der Waals surface area contributed by atoms with E-state index in [4.69, 9.17) is 15.1 Å². The topological polar surface area (TPSA) is 79.6 Å². The van der Waals surface area contributed by atoms with Crippen LogP contribution in [0.1, 0.15) is 12.0 Å². The first-order chi connectivity index (χ1) is 8.33. The van der Waals surface area contributed by atoms with E-state index in [0.717, 1.165) is 17.0 Å². The smallest absolute Gasteiger partial charge is 0.138 e. The van der Waals surface area contributed by atoms with Gasteiger partial charge in [-0.3, -0.25) is 0 Å². The Labute approximate surface area is 98.5 Å². The van der Waals surface area contributed by atoms with Crippen molar-refractivity contribution in [1.29, 1.82) is 0 Å². The first-order valence-electron chi connectivity index (χ1n) is 5.21. The molecule has 0 aromatic heterocycles. The van der Waals surface area contributed by atoms with Crippen LogP contribution in [0.4, 0.5) is 0 Å². The van der Waals surface area contributed by atoms with Gasteiger partial charge in [-0.25, -0.2) is 0 Å². The first kappa shape index (κ1) is 11.3. The van der Waals surface area contributed by atoms with Gasteiger partial charge in [0.05, 0.1) is 19.4 Å². The Hall–Kier alpha value is -2.20. The highest BCUT2D eigenvalue weighted by atomic mass is 16.6. The van der Waals surface area contributed by atoms with Crippen LogP contribution in [0.5, 0.6) is 5.75 Å². The Morgan fingerprint density at radius 1 is 1.53 bits per heavy atom. The lowest BCUT2D eigenvalue weighted by Gasteiger charge is -2.03. The summed E-state index contributed by atoms with van der Waals surface area (Å²) in [7, 11) is 1.63. The Morgan fingerprint density at radius 3 is 2.94 bits per heavy atom. The Bertz CT molecular complexity index is 463. The van der Waals surface area contributed by atoms with E-state index in [0.29, 0.717) is 13.0 Å². The predicted octanol–water partition coefficient (Wildman–Crippen LogP) is 2.50. The van der Waals surface area contributed by atoms with Crippen LogP contribution in [0.25, 0.3) is 10.4 Å². The van der Waals surface area contributed by atoms with Crippen LogP contribution in [-0.4, -0.2) is 25.5 Å². The second kappa shape index (κ2) is 5.23. The van der Waals surface area contributed by atoms with Crippen LogP contribution in [0.2, 0.25) is 0 Å². The molecular formula is C11H12N4O2. The second-order valence-electron chi connectivity index (χ2n) is 3.61. The molecule has 1 heterocycles. The lowest BCUT2D eigenvalue weighted by atomic mass is 10.1. The molecule has 0 bridgehead atoms. The van der Waals surface area contributed by atoms with Crippen LogP contribution >= 0.6 is 0 Å². The SMILES string of the molecule is COc1ccc(C2=NOC(CN=[N+]=[N-])C2)cc1. The zero-order chi connectivity index (χ0) is 12.1. The van der Waals surface area contributed by atoms with Gasteiger partial charge in [-0.1, -0.05) is 10.3 Å². The Morgan fingerprint density at radius 2 is 2.29 bits per heavy atom. The molecule has 0 N–H and O–H groups in total. The van der Waals surface area contributed by atoms with Crippen molar-refractivity contribution in [3.63, 3.8) is 0 Å². The van der Waals surface area contributed by atoms with E-state index in [-0.39, 0.29) is 6.10 Å². The zero-order valence-electron chi connectivity index (χ0n) is 9.41. The molecule has 1 aromatic rings. The molecule has 6 nitrogen and oxygen atoms in total. The first-order valence-corrected chi connectivity index (χ1v) is 5.21. The number of oxime groups is 1. The zero-order valence-corrected chi connectivity index (χ0v) is 9.41. The minimum absolute atomic E-state index is 0.150. The fourth-order valence-corrected chi connectivity index (χ4v) is 1.61. The highest BCUT2D eigenvalue weighted by Crippen LogP contribution is 2.19. The molecule has 1 aromatic carbocycles. The lowest BCUT2D eigenvalue weighted by molar-refractivity contribution is 0.0919. The van der Waals surface area contributed by atoms with Gasteiger partial charge in [0.15, 0.2) is 0 Å². The molecule has 88 valence electrons. The summed E-state index contributed by atoms with van der Waals surface area (Å²) in [6, 6.07) is 7.60. The maximum Gasteiger partial charge on any atom is 0.138 e. The number of nitrogens with zero attached hydrogens (tertiary/aromatic N) is 4. The molecule has 0 amide bonds. The summed E-state index contributed by atoms with van der Waals surface area (Å²) in [5.74, 6) is 0.805. The Balaban J connectivity index is 2.01. The summed E-state index contributed by atoms with van der Waals surface area (Å²) in [6.07, 6.45) is 0.508. The summed E-state index contributed by atoms with van der Waals surface area (Å²) in [6.45, 7) is 0.305. The molecule has 1 aliphatic heterocycles. The highest BCUT2D eigenvalue weighted by molar-refractivity contribution is 6.01. The number of rotatable bonds is 4. The number of methoxy groups -OCH3 is 1. The van der Waals surface area contributed by atoms with E-state index >= 15 is 0 Å². The van der Waals surface area contributed by atoms with Crippen molar-refractivity contribution in [3.05, 3.63) is 40.3 Å². The molecule has 1 unspecified atom stereocenters. The standard InChI is InChI=1S/C11H12N4O2/c1-16-9-4-2-8(3-5-9)11-6-10(17-14-11)7-13-15-12/h2-5,10H,6-7H2,1H3. The molecule has 0 saturated heterocycles. The van der Waals surface area contributed by atoms with Crippen molar-refractivity contribution in [1.82, 2.24) is 0 Å². The van der Waals surface area contributed by atoms with E-state index in [1.807, 2.05) is 24.3 Å². The highest BCUT2D eigenvalue weighted by Gasteiger charge is 2.21. The number of benzene rings is 1. The van der Waals surface area contributed by atoms with Crippen LogP contribution < -0.4 is 4.74 Å². The van der Waals surface area contributed by atoms with E-state index in [1.165, 1.54) is 0 Å². The van der Waals surface area contributed by atoms with Crippen molar-refractivity contribution in [3.8, 4) is 5.75 Å². The normalized spacial score (nSPS) is 17.9. The quantitative estimate of drug-likeness (QED) is 0.454. The largest absolute Gasteiger partial charge is 0.497 e. The van der Waals surface area contributed by atoms with Gasteiger partial charge in [-0.2, -0.15) is 0 Å². The third-order valence-electron chi connectivity index (χ3n) is 2.50. The van der Waals surface area contributed by atoms with Gasteiger partial charge in [0, 0.05) is 11.3 Å². The monoisotopic (exact) mass is 232 g/mol. The molecule has 0 spiro atoms. The third-order valence-corrected chi connectivity index (χ3v) is 2.50.